The number of amides is 3. The van der Waals surface area contributed by atoms with Gasteiger partial charge in [0.05, 0.1) is 119 Å². The van der Waals surface area contributed by atoms with Gasteiger partial charge in [0.25, 0.3) is 0 Å². The summed E-state index contributed by atoms with van der Waals surface area (Å²) >= 11 is 2.57. The molecule has 3 amide bonds. The van der Waals surface area contributed by atoms with Crippen molar-refractivity contribution in [1.82, 2.24) is 30.5 Å². The molecule has 832 valence electrons. The van der Waals surface area contributed by atoms with Crippen molar-refractivity contribution in [1.29, 1.82) is 0 Å². The lowest BCUT2D eigenvalue weighted by atomic mass is 10.1. The molecule has 5 atom stereocenters. The molecule has 1 saturated heterocycles. The quantitative estimate of drug-likeness (QED) is 0.00589. The summed E-state index contributed by atoms with van der Waals surface area (Å²) in [5.41, 5.74) is -1.97. The number of esters is 4. The molecular weight excluding hydrogens is 1980 g/mol. The van der Waals surface area contributed by atoms with Crippen molar-refractivity contribution in [2.75, 3.05) is 196 Å². The number of aliphatic carboxylic acids is 1. The number of carboxylic acids is 1. The zero-order valence-corrected chi connectivity index (χ0v) is 92.0. The maximum absolute atomic E-state index is 13.1. The van der Waals surface area contributed by atoms with E-state index in [4.69, 9.17) is 101 Å². The molecule has 2 aliphatic rings. The number of benzene rings is 4. The van der Waals surface area contributed by atoms with E-state index in [0.717, 1.165) is 128 Å². The number of unbranched alkanes of at least 4 members (excludes halogenated alkanes) is 8. The van der Waals surface area contributed by atoms with Crippen LogP contribution in [0.1, 0.15) is 245 Å². The van der Waals surface area contributed by atoms with Crippen molar-refractivity contribution in [2.24, 2.45) is 0 Å². The molecule has 2 aliphatic heterocycles. The number of hydrogen-bond acceptors (Lipinski definition) is 38. The predicted octanol–water partition coefficient (Wildman–Crippen LogP) is 16.3. The van der Waals surface area contributed by atoms with E-state index in [1.54, 1.807) is 60.3 Å². The van der Waals surface area contributed by atoms with Crippen LogP contribution in [0.4, 0.5) is 14.4 Å². The van der Waals surface area contributed by atoms with Crippen LogP contribution in [0, 0.1) is 0 Å². The largest absolute Gasteiger partial charge is 0.491 e. The van der Waals surface area contributed by atoms with Gasteiger partial charge in [-0.15, -0.1) is 16.9 Å². The Morgan fingerprint density at radius 1 is 0.521 bits per heavy atom. The number of ether oxygens (including phenoxy) is 19. The van der Waals surface area contributed by atoms with E-state index in [0.29, 0.717) is 179 Å². The molecule has 0 spiro atoms. The summed E-state index contributed by atoms with van der Waals surface area (Å²) in [6.45, 7) is 34.6. The first-order valence-corrected chi connectivity index (χ1v) is 54.9. The first-order chi connectivity index (χ1) is 70.1. The number of carboxylic acid groups (broad SMARTS) is 1. The highest BCUT2D eigenvalue weighted by molar-refractivity contribution is 8.77. The third-order valence-electron chi connectivity index (χ3n) is 19.6. The number of thioether (sulfide) groups is 2. The summed E-state index contributed by atoms with van der Waals surface area (Å²) in [6, 6.07) is 23.4. The number of para-hydroxylation sites is 2. The van der Waals surface area contributed by atoms with Crippen LogP contribution in [0.25, 0.3) is 10.8 Å². The number of carbonyl (C=O) groups excluding carboxylic acids is 7. The number of aliphatic hydroxyl groups is 5. The normalized spacial score (nSPS) is 14.5. The number of rotatable bonds is 49. The van der Waals surface area contributed by atoms with Crippen LogP contribution in [-0.4, -0.2) is 334 Å². The fourth-order valence-electron chi connectivity index (χ4n) is 12.7. The van der Waals surface area contributed by atoms with E-state index in [1.807, 2.05) is 128 Å². The van der Waals surface area contributed by atoms with Crippen LogP contribution in [0.5, 0.6) is 34.5 Å². The van der Waals surface area contributed by atoms with Crippen molar-refractivity contribution < 1.29 is 159 Å². The predicted molar refractivity (Wildman–Crippen MR) is 564 cm³/mol. The number of nitrogens with zero attached hydrogens (tertiary/aromatic N) is 4. The average molecular weight is 2150 g/mol. The molecule has 0 bridgehead atoms. The van der Waals surface area contributed by atoms with E-state index in [1.165, 1.54) is 56.3 Å². The van der Waals surface area contributed by atoms with Gasteiger partial charge in [0, 0.05) is 71.8 Å². The van der Waals surface area contributed by atoms with Crippen molar-refractivity contribution in [3.8, 4) is 34.5 Å². The van der Waals surface area contributed by atoms with Crippen molar-refractivity contribution >= 4 is 104 Å². The molecule has 4 aromatic carbocycles. The molecule has 5 unspecified atom stereocenters. The van der Waals surface area contributed by atoms with Crippen LogP contribution >= 0.6 is 45.1 Å². The maximum Gasteiger partial charge on any atom is 0.410 e. The van der Waals surface area contributed by atoms with Crippen LogP contribution in [0.15, 0.2) is 78.9 Å². The third kappa shape index (κ3) is 64.6. The van der Waals surface area contributed by atoms with E-state index in [2.05, 4.69) is 44.3 Å². The van der Waals surface area contributed by atoms with Crippen LogP contribution in [-0.2, 0) is 82.5 Å². The molecule has 5 aromatic rings. The number of fused-ring (bicyclic) bond motifs is 3. The molecule has 3 heterocycles. The lowest BCUT2D eigenvalue weighted by Gasteiger charge is -2.28. The minimum absolute atomic E-state index is 0.0188. The van der Waals surface area contributed by atoms with Crippen LogP contribution in [0.3, 0.4) is 0 Å². The highest BCUT2D eigenvalue weighted by Gasteiger charge is 2.32. The molecule has 8 N–H and O–H groups in total. The Morgan fingerprint density at radius 2 is 1.02 bits per heavy atom. The van der Waals surface area contributed by atoms with E-state index >= 15 is 0 Å². The summed E-state index contributed by atoms with van der Waals surface area (Å²) < 4.78 is 105. The SMILES string of the molecule is CC(C)(C)OC(=O)N(CCCCCCO)Cc1ccc2c(c1)OCCOCCOCCOc1ccccc1OCCOCCOCCO2.CCCCCC(O)SCC(NC(=O)OC(C)(C)C)C(=O)OC.CCCCCC(O)n1nnc(C(=O)OCC)c1C(=O)OCC.CCCOCCOc1cccc2c(OCCOCCO)cccc12.COC(=O)C(CSCCO)NC(=O)OC(C)(C)C.O=C(O)CCCCC1CCSS1. The van der Waals surface area contributed by atoms with Crippen LogP contribution < -0.4 is 39.1 Å². The van der Waals surface area contributed by atoms with Gasteiger partial charge < -0.3 is 136 Å². The van der Waals surface area contributed by atoms with Crippen molar-refractivity contribution in [3.05, 3.63) is 95.8 Å². The number of methoxy groups -OCH3 is 2. The molecule has 7 rings (SSSR count). The van der Waals surface area contributed by atoms with Gasteiger partial charge in [0.2, 0.25) is 5.69 Å². The van der Waals surface area contributed by atoms with E-state index in [-0.39, 0.29) is 56.3 Å². The summed E-state index contributed by atoms with van der Waals surface area (Å²) in [4.78, 5) is 95.3. The summed E-state index contributed by atoms with van der Waals surface area (Å²) in [5.74, 6) is 3.10. The maximum atomic E-state index is 13.1. The van der Waals surface area contributed by atoms with Gasteiger partial charge in [-0.05, 0) is 176 Å². The Balaban J connectivity index is 0.000000629. The Morgan fingerprint density at radius 3 is 1.50 bits per heavy atom. The van der Waals surface area contributed by atoms with E-state index < -0.39 is 82.6 Å². The summed E-state index contributed by atoms with van der Waals surface area (Å²) in [7, 11) is 6.43. The summed E-state index contributed by atoms with van der Waals surface area (Å²) in [6.07, 6.45) is 13.3. The molecular formula is C103H168N6O33S4. The van der Waals surface area contributed by atoms with Gasteiger partial charge in [-0.2, -0.15) is 11.8 Å². The van der Waals surface area contributed by atoms with E-state index in [9.17, 15) is 48.6 Å². The molecule has 39 nitrogen and oxygen atoms in total. The number of aliphatic hydroxyl groups excluding tert-OH is 5. The summed E-state index contributed by atoms with van der Waals surface area (Å²) in [5, 5.41) is 70.0. The third-order valence-corrected chi connectivity index (χ3v) is 24.8. The lowest BCUT2D eigenvalue weighted by Crippen LogP contribution is -2.45. The second kappa shape index (κ2) is 82.0. The first kappa shape index (κ1) is 133. The smallest absolute Gasteiger partial charge is 0.410 e. The van der Waals surface area contributed by atoms with Gasteiger partial charge >= 0.3 is 48.1 Å². The average Bonchev–Trinajstić information content (AvgIpc) is 1.62. The Bertz CT molecular complexity index is 4260. The number of aromatic nitrogens is 3. The molecule has 0 radical (unpaired) electrons. The van der Waals surface area contributed by atoms with Gasteiger partial charge in [0.15, 0.2) is 28.7 Å². The second-order valence-electron chi connectivity index (χ2n) is 35.5. The minimum Gasteiger partial charge on any atom is -0.491 e. The molecule has 0 aliphatic carbocycles. The van der Waals surface area contributed by atoms with Gasteiger partial charge in [-0.25, -0.2) is 38.2 Å². The first-order valence-electron chi connectivity index (χ1n) is 50.3. The topological polar surface area (TPSA) is 491 Å². The Hall–Kier alpha value is -8.80. The number of nitrogens with one attached hydrogen (secondary N) is 2. The second-order valence-corrected chi connectivity index (χ2v) is 40.7. The van der Waals surface area contributed by atoms with Crippen molar-refractivity contribution in [3.63, 3.8) is 0 Å². The fourth-order valence-corrected chi connectivity index (χ4v) is 17.5. The molecule has 1 fully saturated rings. The molecule has 43 heteroatoms. The van der Waals surface area contributed by atoms with Gasteiger partial charge in [0.1, 0.15) is 86.3 Å². The fraction of sp³-hybridized carbons (Fsp3) is 0.689. The van der Waals surface area contributed by atoms with Crippen molar-refractivity contribution in [2.45, 2.75) is 265 Å². The number of carbonyl (C=O) groups is 8. The molecule has 0 saturated carbocycles. The molecule has 1 aromatic heterocycles. The van der Waals surface area contributed by atoms with Gasteiger partial charge in [-0.3, -0.25) is 4.79 Å². The minimum atomic E-state index is -1.04. The lowest BCUT2D eigenvalue weighted by molar-refractivity contribution is -0.143. The number of hydrogen-bond donors (Lipinski definition) is 8. The van der Waals surface area contributed by atoms with Crippen LogP contribution in [0.2, 0.25) is 0 Å². The highest BCUT2D eigenvalue weighted by Crippen LogP contribution is 2.40. The zero-order valence-electron chi connectivity index (χ0n) is 88.8. The standard InChI is InChI=1S/C36H55NO11.C19H26O5.C15H29NO5S.C14H23N3O5.C11H21NO5S.C8H14O2S2/c1-36(2,3)48-35(39)37(14-8-4-5-9-15-38)29-30-12-13-33-34(28-30)47-27-23-43-19-18-41-21-25-45-32-11-7-6-10-31(32)44-24-20-40-16-17-42-22-26-46-33;1-2-10-21-12-14-23-18-7-3-6-17-16(18)5-4-8-19(17)24-15-13-22-11-9-20;1-6-7-8-9-12(17)22-10-11(13(18)20-5)16-14(19)21-15(2,3)4;1-4-7-8-9-10(18)17-12(14(20)22-6-3)11(15-16-17)13(19)21-5-2;1-11(2,3)17-10(15)12-8(9(14)16-4)7-18-6-5-13;9-8(10)4-2-1-3-7-5-6-11-12-7/h6-7,10-13,28,38H,4-5,8-9,14-27,29H2,1-3H3;3-8,20H,2,9-15H2,1H3;11-12,17H,6-10H2,1-5H3,(H,16,19);10,18H,4-9H2,1-3H3;8,13H,5-7H2,1-4H3,(H,12,15);7H,1-6H2,(H,9,10). The number of alkyl carbamates (subject to hydrolysis) is 2. The highest BCUT2D eigenvalue weighted by atomic mass is 33.1. The Labute approximate surface area is 879 Å². The Kier molecular flexibility index (Phi) is 74.9. The molecule has 146 heavy (non-hydrogen) atoms. The zero-order chi connectivity index (χ0) is 108. The monoisotopic (exact) mass is 2150 g/mol. The van der Waals surface area contributed by atoms with Gasteiger partial charge in [-0.1, -0.05) is 141 Å².